The summed E-state index contributed by atoms with van der Waals surface area (Å²) >= 11 is 0. The van der Waals surface area contributed by atoms with Gasteiger partial charge in [-0.15, -0.1) is 0 Å². The minimum absolute atomic E-state index is 0.245. The van der Waals surface area contributed by atoms with E-state index in [1.807, 2.05) is 36.5 Å². The van der Waals surface area contributed by atoms with Gasteiger partial charge in [0.15, 0.2) is 0 Å². The number of nitrogens with zero attached hydrogens (tertiary/aromatic N) is 2. The second-order valence-electron chi connectivity index (χ2n) is 5.81. The fourth-order valence-corrected chi connectivity index (χ4v) is 2.63. The summed E-state index contributed by atoms with van der Waals surface area (Å²) in [6.45, 7) is 0. The molecule has 0 unspecified atom stereocenters. The van der Waals surface area contributed by atoms with Crippen molar-refractivity contribution in [3.05, 3.63) is 91.0 Å². The molecule has 4 rings (SSSR count). The van der Waals surface area contributed by atoms with Crippen molar-refractivity contribution in [1.29, 1.82) is 0 Å². The van der Waals surface area contributed by atoms with Gasteiger partial charge in [0.1, 0.15) is 11.5 Å². The number of benzene rings is 2. The molecule has 2 N–H and O–H groups in total. The Kier molecular flexibility index (Phi) is 4.61. The number of pyridine rings is 1. The third-order valence-electron chi connectivity index (χ3n) is 3.97. The van der Waals surface area contributed by atoms with E-state index in [1.165, 1.54) is 0 Å². The first-order chi connectivity index (χ1) is 13.3. The lowest BCUT2D eigenvalue weighted by Gasteiger charge is -2.11. The SMILES string of the molecule is O=C(Nc1ccc(-c2cn[nH]c2)cc1)c1ccccc1Oc1cccnc1. The first-order valence-corrected chi connectivity index (χ1v) is 8.37. The van der Waals surface area contributed by atoms with E-state index in [2.05, 4.69) is 20.5 Å². The number of carbonyl (C=O) groups excluding carboxylic acids is 1. The summed E-state index contributed by atoms with van der Waals surface area (Å²) < 4.78 is 5.80. The quantitative estimate of drug-likeness (QED) is 0.551. The van der Waals surface area contributed by atoms with E-state index in [-0.39, 0.29) is 5.91 Å². The minimum Gasteiger partial charge on any atom is -0.455 e. The summed E-state index contributed by atoms with van der Waals surface area (Å²) in [6.07, 6.45) is 6.83. The third kappa shape index (κ3) is 3.85. The summed E-state index contributed by atoms with van der Waals surface area (Å²) in [4.78, 5) is 16.7. The van der Waals surface area contributed by atoms with Gasteiger partial charge in [0.25, 0.3) is 5.91 Å². The zero-order chi connectivity index (χ0) is 18.5. The number of aromatic nitrogens is 3. The molecule has 0 aliphatic heterocycles. The lowest BCUT2D eigenvalue weighted by Crippen LogP contribution is -2.12. The van der Waals surface area contributed by atoms with Crippen molar-refractivity contribution in [1.82, 2.24) is 15.2 Å². The van der Waals surface area contributed by atoms with E-state index in [9.17, 15) is 4.79 Å². The van der Waals surface area contributed by atoms with Crippen molar-refractivity contribution in [2.45, 2.75) is 0 Å². The highest BCUT2D eigenvalue weighted by molar-refractivity contribution is 6.06. The van der Waals surface area contributed by atoms with Crippen LogP contribution < -0.4 is 10.1 Å². The van der Waals surface area contributed by atoms with Gasteiger partial charge >= 0.3 is 0 Å². The average molecular weight is 356 g/mol. The fraction of sp³-hybridized carbons (Fsp3) is 0. The number of hydrogen-bond donors (Lipinski definition) is 2. The molecule has 6 nitrogen and oxygen atoms in total. The summed E-state index contributed by atoms with van der Waals surface area (Å²) in [5, 5.41) is 9.62. The summed E-state index contributed by atoms with van der Waals surface area (Å²) in [5.41, 5.74) is 3.15. The van der Waals surface area contributed by atoms with Gasteiger partial charge < -0.3 is 10.1 Å². The molecule has 0 saturated carbocycles. The van der Waals surface area contributed by atoms with Gasteiger partial charge in [-0.1, -0.05) is 24.3 Å². The highest BCUT2D eigenvalue weighted by Crippen LogP contribution is 2.26. The number of hydrogen-bond acceptors (Lipinski definition) is 4. The molecule has 132 valence electrons. The molecule has 2 aromatic carbocycles. The average Bonchev–Trinajstić information content (AvgIpc) is 3.25. The predicted molar refractivity (Wildman–Crippen MR) is 103 cm³/mol. The molecule has 0 aliphatic carbocycles. The molecular weight excluding hydrogens is 340 g/mol. The molecule has 1 amide bonds. The van der Waals surface area contributed by atoms with Crippen molar-refractivity contribution in [2.24, 2.45) is 0 Å². The molecule has 0 saturated heterocycles. The van der Waals surface area contributed by atoms with Gasteiger partial charge in [-0.3, -0.25) is 14.9 Å². The molecule has 2 aromatic heterocycles. The van der Waals surface area contributed by atoms with Crippen LogP contribution >= 0.6 is 0 Å². The van der Waals surface area contributed by atoms with Crippen molar-refractivity contribution in [3.63, 3.8) is 0 Å². The second-order valence-corrected chi connectivity index (χ2v) is 5.81. The van der Waals surface area contributed by atoms with Crippen LogP contribution in [0.5, 0.6) is 11.5 Å². The number of amides is 1. The maximum atomic E-state index is 12.7. The highest BCUT2D eigenvalue weighted by atomic mass is 16.5. The topological polar surface area (TPSA) is 79.9 Å². The van der Waals surface area contributed by atoms with Crippen molar-refractivity contribution < 1.29 is 9.53 Å². The maximum absolute atomic E-state index is 12.7. The Balaban J connectivity index is 1.52. The van der Waals surface area contributed by atoms with E-state index >= 15 is 0 Å². The largest absolute Gasteiger partial charge is 0.455 e. The Bertz CT molecular complexity index is 1030. The third-order valence-corrected chi connectivity index (χ3v) is 3.97. The zero-order valence-corrected chi connectivity index (χ0v) is 14.3. The number of anilines is 1. The number of nitrogens with one attached hydrogen (secondary N) is 2. The molecule has 0 aliphatic rings. The number of ether oxygens (including phenoxy) is 1. The van der Waals surface area contributed by atoms with Crippen LogP contribution in [0.4, 0.5) is 5.69 Å². The highest BCUT2D eigenvalue weighted by Gasteiger charge is 2.13. The Hall–Kier alpha value is -3.93. The molecule has 0 spiro atoms. The van der Waals surface area contributed by atoms with E-state index in [4.69, 9.17) is 4.74 Å². The lowest BCUT2D eigenvalue weighted by atomic mass is 10.1. The van der Waals surface area contributed by atoms with Crippen molar-refractivity contribution >= 4 is 11.6 Å². The van der Waals surface area contributed by atoms with Crippen molar-refractivity contribution in [2.75, 3.05) is 5.32 Å². The fourth-order valence-electron chi connectivity index (χ4n) is 2.63. The molecule has 6 heteroatoms. The van der Waals surface area contributed by atoms with Crippen LogP contribution in [-0.4, -0.2) is 21.1 Å². The van der Waals surface area contributed by atoms with E-state index < -0.39 is 0 Å². The molecule has 27 heavy (non-hydrogen) atoms. The molecule has 2 heterocycles. The number of aromatic amines is 1. The molecule has 0 bridgehead atoms. The van der Waals surface area contributed by atoms with Crippen LogP contribution in [0.2, 0.25) is 0 Å². The summed E-state index contributed by atoms with van der Waals surface area (Å²) in [5.74, 6) is 0.797. The zero-order valence-electron chi connectivity index (χ0n) is 14.3. The monoisotopic (exact) mass is 356 g/mol. The molecular formula is C21H16N4O2. The number of para-hydroxylation sites is 1. The minimum atomic E-state index is -0.245. The van der Waals surface area contributed by atoms with Crippen LogP contribution in [0, 0.1) is 0 Å². The van der Waals surface area contributed by atoms with Gasteiger partial charge in [-0.2, -0.15) is 5.10 Å². The van der Waals surface area contributed by atoms with Crippen LogP contribution in [-0.2, 0) is 0 Å². The second kappa shape index (κ2) is 7.53. The van der Waals surface area contributed by atoms with E-state index in [1.54, 1.807) is 48.9 Å². The Morgan fingerprint density at radius 2 is 1.78 bits per heavy atom. The lowest BCUT2D eigenvalue weighted by molar-refractivity contribution is 0.102. The smallest absolute Gasteiger partial charge is 0.259 e. The molecule has 0 fully saturated rings. The number of rotatable bonds is 5. The van der Waals surface area contributed by atoms with Crippen LogP contribution in [0.15, 0.2) is 85.5 Å². The van der Waals surface area contributed by atoms with E-state index in [0.29, 0.717) is 22.7 Å². The standard InChI is InChI=1S/C21H16N4O2/c26-21(25-17-9-7-15(8-10-17)16-12-23-24-13-16)19-5-1-2-6-20(19)27-18-4-3-11-22-14-18/h1-14H,(H,23,24)(H,25,26). The van der Waals surface area contributed by atoms with Gasteiger partial charge in [-0.05, 0) is 42.0 Å². The Labute approximate surface area is 155 Å². The summed E-state index contributed by atoms with van der Waals surface area (Å²) in [7, 11) is 0. The van der Waals surface area contributed by atoms with Crippen LogP contribution in [0.25, 0.3) is 11.1 Å². The van der Waals surface area contributed by atoms with Crippen molar-refractivity contribution in [3.8, 4) is 22.6 Å². The molecule has 4 aromatic rings. The van der Waals surface area contributed by atoms with Crippen LogP contribution in [0.3, 0.4) is 0 Å². The van der Waals surface area contributed by atoms with Crippen LogP contribution in [0.1, 0.15) is 10.4 Å². The van der Waals surface area contributed by atoms with Gasteiger partial charge in [0.2, 0.25) is 0 Å². The Morgan fingerprint density at radius 3 is 2.52 bits per heavy atom. The Morgan fingerprint density at radius 1 is 0.926 bits per heavy atom. The summed E-state index contributed by atoms with van der Waals surface area (Å²) in [6, 6.07) is 18.2. The van der Waals surface area contributed by atoms with Gasteiger partial charge in [-0.25, -0.2) is 0 Å². The molecule has 0 radical (unpaired) electrons. The molecule has 0 atom stereocenters. The number of carbonyl (C=O) groups is 1. The van der Waals surface area contributed by atoms with Gasteiger partial charge in [0.05, 0.1) is 18.0 Å². The first kappa shape index (κ1) is 16.5. The van der Waals surface area contributed by atoms with E-state index in [0.717, 1.165) is 11.1 Å². The number of H-pyrrole nitrogens is 1. The normalized spacial score (nSPS) is 10.4. The predicted octanol–water partition coefficient (Wildman–Crippen LogP) is 4.52. The maximum Gasteiger partial charge on any atom is 0.259 e. The first-order valence-electron chi connectivity index (χ1n) is 8.37. The van der Waals surface area contributed by atoms with Gasteiger partial charge in [0, 0.05) is 23.6 Å².